The van der Waals surface area contributed by atoms with Crippen LogP contribution in [0.4, 0.5) is 43.7 Å². The molecule has 0 radical (unpaired) electrons. The molecule has 1 aliphatic carbocycles. The number of para-hydroxylation sites is 2. The average Bonchev–Trinajstić information content (AvgIpc) is 4.39. The Labute approximate surface area is 452 Å². The van der Waals surface area contributed by atoms with Crippen LogP contribution in [0.15, 0.2) is 156 Å². The van der Waals surface area contributed by atoms with Crippen LogP contribution in [0.2, 0.25) is 0 Å². The number of Topliss-reactive ketones (excluding diaryl/α,β-unsaturated/α-hetero) is 2. The number of fused-ring (bicyclic) bond motifs is 2. The van der Waals surface area contributed by atoms with E-state index in [1.807, 2.05) is 30.3 Å². The molecule has 0 bridgehead atoms. The molecule has 3 aliphatic rings. The van der Waals surface area contributed by atoms with Gasteiger partial charge in [-0.3, -0.25) is 29.1 Å². The lowest BCUT2D eigenvalue weighted by Crippen LogP contribution is -2.51. The van der Waals surface area contributed by atoms with Crippen LogP contribution < -0.4 is 41.7 Å². The number of nitrogens with zero attached hydrogens (tertiary/aromatic N) is 6. The van der Waals surface area contributed by atoms with E-state index in [-0.39, 0.29) is 31.4 Å². The van der Waals surface area contributed by atoms with Gasteiger partial charge in [-0.1, -0.05) is 83.5 Å². The van der Waals surface area contributed by atoms with Crippen LogP contribution >= 0.6 is 15.9 Å². The van der Waals surface area contributed by atoms with Crippen molar-refractivity contribution in [1.29, 1.82) is 0 Å². The first-order chi connectivity index (χ1) is 37.2. The van der Waals surface area contributed by atoms with E-state index in [1.54, 1.807) is 137 Å². The van der Waals surface area contributed by atoms with Gasteiger partial charge in [0.2, 0.25) is 12.3 Å². The minimum Gasteiger partial charge on any atom is -0.395 e. The molecule has 396 valence electrons. The summed E-state index contributed by atoms with van der Waals surface area (Å²) in [5.74, 6) is -1.74. The molecule has 2 aromatic heterocycles. The highest BCUT2D eigenvalue weighted by molar-refractivity contribution is 9.10. The predicted octanol–water partition coefficient (Wildman–Crippen LogP) is 6.21. The summed E-state index contributed by atoms with van der Waals surface area (Å²) >= 11 is 3.14. The lowest BCUT2D eigenvalue weighted by atomic mass is 9.81. The number of nitrogens with one attached hydrogen (secondary N) is 6. The Bertz CT molecular complexity index is 3210. The molecule has 1 fully saturated rings. The summed E-state index contributed by atoms with van der Waals surface area (Å²) in [6.07, 6.45) is 2.26. The van der Waals surface area contributed by atoms with Crippen molar-refractivity contribution in [3.8, 4) is 0 Å². The zero-order valence-electron chi connectivity index (χ0n) is 42.3. The molecule has 0 unspecified atom stereocenters. The summed E-state index contributed by atoms with van der Waals surface area (Å²) in [6.45, 7) is 0.429. The first-order valence-electron chi connectivity index (χ1n) is 24.7. The van der Waals surface area contributed by atoms with Crippen LogP contribution in [0.3, 0.4) is 0 Å². The highest BCUT2D eigenvalue weighted by atomic mass is 79.9. The van der Waals surface area contributed by atoms with Gasteiger partial charge in [0, 0.05) is 60.4 Å². The van der Waals surface area contributed by atoms with Gasteiger partial charge in [0.05, 0.1) is 70.7 Å². The molecular formula is C56H57BrN12O8. The van der Waals surface area contributed by atoms with E-state index < -0.39 is 58.8 Å². The molecule has 0 spiro atoms. The number of amides is 6. The number of aliphatic imine (C=N–C) groups is 2. The molecular weight excluding hydrogens is 1050 g/mol. The van der Waals surface area contributed by atoms with E-state index in [9.17, 15) is 39.0 Å². The highest BCUT2D eigenvalue weighted by Crippen LogP contribution is 2.46. The molecule has 6 aromatic rings. The van der Waals surface area contributed by atoms with Crippen molar-refractivity contribution in [2.45, 2.75) is 36.9 Å². The zero-order valence-corrected chi connectivity index (χ0v) is 43.9. The zero-order chi connectivity index (χ0) is 54.6. The quantitative estimate of drug-likeness (QED) is 0.0474. The summed E-state index contributed by atoms with van der Waals surface area (Å²) in [6, 6.07) is 37.8. The Morgan fingerprint density at radius 2 is 1.06 bits per heavy atom. The van der Waals surface area contributed by atoms with Gasteiger partial charge in [0.25, 0.3) is 11.8 Å². The van der Waals surface area contributed by atoms with Crippen molar-refractivity contribution in [2.75, 3.05) is 71.5 Å². The minimum atomic E-state index is -1.35. The van der Waals surface area contributed by atoms with E-state index in [0.717, 1.165) is 24.2 Å². The summed E-state index contributed by atoms with van der Waals surface area (Å²) < 4.78 is 0. The van der Waals surface area contributed by atoms with Crippen LogP contribution in [0.25, 0.3) is 0 Å². The average molecular weight is 1110 g/mol. The third kappa shape index (κ3) is 12.9. The summed E-state index contributed by atoms with van der Waals surface area (Å²) in [7, 11) is 3.54. The predicted molar refractivity (Wildman–Crippen MR) is 299 cm³/mol. The fraction of sp³-hybridized carbons (Fsp3) is 0.250. The molecule has 6 amide bonds. The van der Waals surface area contributed by atoms with Crippen LogP contribution in [-0.2, 0) is 19.2 Å². The number of aromatic nitrogens is 2. The topological polar surface area (TPSA) is 272 Å². The van der Waals surface area contributed by atoms with Crippen molar-refractivity contribution >= 4 is 96.9 Å². The van der Waals surface area contributed by atoms with Gasteiger partial charge >= 0.3 is 12.1 Å². The monoisotopic (exact) mass is 1100 g/mol. The lowest BCUT2D eigenvalue weighted by Gasteiger charge is -2.31. The Morgan fingerprint density at radius 1 is 0.623 bits per heavy atom. The van der Waals surface area contributed by atoms with Gasteiger partial charge in [-0.05, 0) is 91.6 Å². The van der Waals surface area contributed by atoms with Crippen molar-refractivity contribution in [2.24, 2.45) is 21.3 Å². The molecule has 2 aliphatic heterocycles. The molecule has 1 saturated carbocycles. The van der Waals surface area contributed by atoms with E-state index in [1.165, 1.54) is 9.80 Å². The standard InChI is InChI=1S/C30H32N6O4.C26H25BrN6O4/c1-30(18-37,19-13-14-19)25(38)17-36-24-12-4-3-10-22(24)26(23-11-5-6-15-32-23)34-27(28(36)39)35-29(40)33-21-9-7-8-20(16-21)31-2;1-28-16-7-6-8-17(13-16)30-26(37)32-24-25(36)33(14-22(35)19(27)15-34)21-11-3-2-9-18(21)23(31-24)20-10-4-5-12-29-20/h3-12,15-16,19,27,31,37H,13-14,17-18H2,1-2H3,(H2,33,35,40);2-13,19,24,28,34H,14-15H2,1H3,(H2,30,32,37)/t27-,30+;19-,24+/m01/s1. The lowest BCUT2D eigenvalue weighted by molar-refractivity contribution is -0.131. The van der Waals surface area contributed by atoms with Crippen molar-refractivity contribution in [3.63, 3.8) is 0 Å². The number of anilines is 6. The maximum atomic E-state index is 14.0. The number of urea groups is 2. The van der Waals surface area contributed by atoms with Gasteiger partial charge in [-0.15, -0.1) is 0 Å². The largest absolute Gasteiger partial charge is 0.395 e. The number of rotatable bonds is 17. The second-order valence-electron chi connectivity index (χ2n) is 18.3. The van der Waals surface area contributed by atoms with Crippen LogP contribution in [0.5, 0.6) is 0 Å². The van der Waals surface area contributed by atoms with E-state index >= 15 is 0 Å². The summed E-state index contributed by atoms with van der Waals surface area (Å²) in [4.78, 5) is 100. The van der Waals surface area contributed by atoms with E-state index in [2.05, 4.69) is 67.8 Å². The molecule has 20 nitrogen and oxygen atoms in total. The second kappa shape index (κ2) is 24.8. The number of carbonyl (C=O) groups is 6. The van der Waals surface area contributed by atoms with E-state index in [0.29, 0.717) is 56.7 Å². The second-order valence-corrected chi connectivity index (χ2v) is 19.4. The number of hydrogen-bond acceptors (Lipinski definition) is 14. The normalized spacial score (nSPS) is 16.9. The van der Waals surface area contributed by atoms with Gasteiger partial charge in [0.15, 0.2) is 11.6 Å². The molecule has 21 heteroatoms. The number of benzodiazepines with no additional fused rings is 2. The smallest absolute Gasteiger partial charge is 0.321 e. The fourth-order valence-electron chi connectivity index (χ4n) is 8.72. The molecule has 8 N–H and O–H groups in total. The molecule has 9 rings (SSSR count). The van der Waals surface area contributed by atoms with Crippen molar-refractivity contribution in [3.05, 3.63) is 168 Å². The number of hydrogen-bond donors (Lipinski definition) is 8. The van der Waals surface area contributed by atoms with Crippen molar-refractivity contribution in [1.82, 2.24) is 20.6 Å². The Morgan fingerprint density at radius 3 is 1.48 bits per heavy atom. The van der Waals surface area contributed by atoms with Gasteiger partial charge in [-0.2, -0.15) is 0 Å². The fourth-order valence-corrected chi connectivity index (χ4v) is 8.87. The van der Waals surface area contributed by atoms with Crippen molar-refractivity contribution < 1.29 is 39.0 Å². The molecule has 4 heterocycles. The van der Waals surface area contributed by atoms with Crippen LogP contribution in [0.1, 0.15) is 42.3 Å². The number of pyridine rings is 2. The summed E-state index contributed by atoms with van der Waals surface area (Å²) in [5.41, 5.74) is 5.60. The third-order valence-corrected chi connectivity index (χ3v) is 14.0. The minimum absolute atomic E-state index is 0.0794. The number of benzene rings is 4. The van der Waals surface area contributed by atoms with Crippen LogP contribution in [-0.4, -0.2) is 125 Å². The van der Waals surface area contributed by atoms with Gasteiger partial charge in [-0.25, -0.2) is 19.6 Å². The molecule has 0 saturated heterocycles. The number of aliphatic hydroxyl groups excluding tert-OH is 2. The first-order valence-corrected chi connectivity index (χ1v) is 25.6. The van der Waals surface area contributed by atoms with Crippen LogP contribution in [0, 0.1) is 11.3 Å². The Kier molecular flexibility index (Phi) is 17.6. The maximum Gasteiger partial charge on any atom is 0.321 e. The maximum absolute atomic E-state index is 14.0. The Balaban J connectivity index is 0.000000204. The number of halogens is 1. The third-order valence-electron chi connectivity index (χ3n) is 13.2. The Hall–Kier alpha value is -8.66. The molecule has 4 atom stereocenters. The molecule has 4 aromatic carbocycles. The number of alkyl halides is 1. The molecule has 77 heavy (non-hydrogen) atoms. The number of carbonyl (C=O) groups excluding carboxylic acids is 6. The first kappa shape index (κ1) is 54.6. The highest BCUT2D eigenvalue weighted by Gasteiger charge is 2.48. The summed E-state index contributed by atoms with van der Waals surface area (Å²) in [5, 5.41) is 36.3. The number of ketones is 2. The van der Waals surface area contributed by atoms with Gasteiger partial charge in [0.1, 0.15) is 0 Å². The van der Waals surface area contributed by atoms with Gasteiger partial charge < -0.3 is 51.9 Å². The van der Waals surface area contributed by atoms with E-state index in [4.69, 9.17) is 0 Å². The SMILES string of the molecule is CNc1cccc(NC(=O)N[C@@H]2N=C(c3ccccn3)c3ccccc3N(CC(=O)[C@H](Br)CO)C2=O)c1.CNc1cccc(NC(=O)N[C@@H]2N=C(c3ccccn3)c3ccccc3N(CC(=O)[C@](C)(CO)C3CC3)C2=O)c1. The number of aliphatic hydroxyl groups is 2.